The van der Waals surface area contributed by atoms with Gasteiger partial charge in [0.25, 0.3) is 11.5 Å². The smallest absolute Gasteiger partial charge is 0.279 e. The highest BCUT2D eigenvalue weighted by Crippen LogP contribution is 2.22. The van der Waals surface area contributed by atoms with E-state index < -0.39 is 17.2 Å². The van der Waals surface area contributed by atoms with Gasteiger partial charge in [0.1, 0.15) is 11.4 Å². The van der Waals surface area contributed by atoms with Crippen molar-refractivity contribution in [1.29, 1.82) is 0 Å². The molecule has 3 aromatic rings. The van der Waals surface area contributed by atoms with Gasteiger partial charge in [-0.1, -0.05) is 18.2 Å². The van der Waals surface area contributed by atoms with Crippen LogP contribution in [0.15, 0.2) is 59.4 Å². The Bertz CT molecular complexity index is 1080. The average Bonchev–Trinajstić information content (AvgIpc) is 2.68. The summed E-state index contributed by atoms with van der Waals surface area (Å²) in [5.41, 5.74) is 0.925. The summed E-state index contributed by atoms with van der Waals surface area (Å²) < 4.78 is 6.27. The molecular formula is C20H20N4O4. The Balaban J connectivity index is 1.99. The number of ether oxygens (including phenoxy) is 1. The van der Waals surface area contributed by atoms with Crippen molar-refractivity contribution in [3.8, 4) is 17.2 Å². The number of hydrogen-bond acceptors (Lipinski definition) is 6. The Kier molecular flexibility index (Phi) is 5.30. The fourth-order valence-electron chi connectivity index (χ4n) is 2.64. The number of para-hydroxylation sites is 2. The lowest BCUT2D eigenvalue weighted by molar-refractivity contribution is 0.101. The predicted molar refractivity (Wildman–Crippen MR) is 107 cm³/mol. The summed E-state index contributed by atoms with van der Waals surface area (Å²) in [5.74, 6) is -0.734. The zero-order valence-corrected chi connectivity index (χ0v) is 15.7. The number of nitrogens with one attached hydrogen (secondary N) is 1. The molecule has 28 heavy (non-hydrogen) atoms. The summed E-state index contributed by atoms with van der Waals surface area (Å²) >= 11 is 0. The van der Waals surface area contributed by atoms with E-state index >= 15 is 0 Å². The highest BCUT2D eigenvalue weighted by atomic mass is 16.5. The van der Waals surface area contributed by atoms with Crippen LogP contribution in [0.5, 0.6) is 11.5 Å². The standard InChI is InChI=1S/C20H20N4O4/c1-23(2)14-8-6-7-13(11-14)21-20(27)19-16(25)12-18(26)24(22-19)15-9-4-5-10-17(15)28-3/h4-12,25H,1-3H3,(H,21,27). The van der Waals surface area contributed by atoms with E-state index in [1.165, 1.54) is 7.11 Å². The Labute approximate surface area is 161 Å². The second-order valence-corrected chi connectivity index (χ2v) is 6.20. The third-order valence-corrected chi connectivity index (χ3v) is 4.06. The summed E-state index contributed by atoms with van der Waals surface area (Å²) in [6.07, 6.45) is 0. The molecule has 0 aliphatic rings. The molecule has 144 valence electrons. The van der Waals surface area contributed by atoms with E-state index in [1.54, 1.807) is 42.5 Å². The quantitative estimate of drug-likeness (QED) is 0.705. The molecule has 0 unspecified atom stereocenters. The molecule has 0 spiro atoms. The van der Waals surface area contributed by atoms with Gasteiger partial charge in [0.15, 0.2) is 11.4 Å². The van der Waals surface area contributed by atoms with Gasteiger partial charge in [-0.25, -0.2) is 0 Å². The first-order chi connectivity index (χ1) is 13.4. The lowest BCUT2D eigenvalue weighted by Gasteiger charge is -2.14. The second kappa shape index (κ2) is 7.83. The zero-order valence-electron chi connectivity index (χ0n) is 15.7. The van der Waals surface area contributed by atoms with Crippen LogP contribution < -0.4 is 20.5 Å². The van der Waals surface area contributed by atoms with Gasteiger partial charge in [-0.3, -0.25) is 9.59 Å². The number of amides is 1. The number of methoxy groups -OCH3 is 1. The Hall–Kier alpha value is -3.81. The Morgan fingerprint density at radius 3 is 2.61 bits per heavy atom. The fourth-order valence-corrected chi connectivity index (χ4v) is 2.64. The number of rotatable bonds is 5. The molecule has 1 aromatic heterocycles. The number of aromatic nitrogens is 2. The number of benzene rings is 2. The van der Waals surface area contributed by atoms with Crippen molar-refractivity contribution in [1.82, 2.24) is 9.78 Å². The lowest BCUT2D eigenvalue weighted by atomic mass is 10.2. The molecular weight excluding hydrogens is 360 g/mol. The molecule has 3 rings (SSSR count). The lowest BCUT2D eigenvalue weighted by Crippen LogP contribution is -2.25. The number of carbonyl (C=O) groups excluding carboxylic acids is 1. The van der Waals surface area contributed by atoms with Crippen molar-refractivity contribution >= 4 is 17.3 Å². The third-order valence-electron chi connectivity index (χ3n) is 4.06. The van der Waals surface area contributed by atoms with Crippen LogP contribution in [0, 0.1) is 0 Å². The van der Waals surface area contributed by atoms with Crippen molar-refractivity contribution in [2.45, 2.75) is 0 Å². The largest absolute Gasteiger partial charge is 0.505 e. The first-order valence-electron chi connectivity index (χ1n) is 8.46. The van der Waals surface area contributed by atoms with Crippen molar-refractivity contribution in [2.75, 3.05) is 31.4 Å². The van der Waals surface area contributed by atoms with Crippen molar-refractivity contribution in [3.63, 3.8) is 0 Å². The van der Waals surface area contributed by atoms with Crippen LogP contribution in [-0.2, 0) is 0 Å². The summed E-state index contributed by atoms with van der Waals surface area (Å²) in [5, 5.41) is 16.8. The summed E-state index contributed by atoms with van der Waals surface area (Å²) in [6, 6.07) is 14.9. The minimum absolute atomic E-state index is 0.277. The minimum atomic E-state index is -0.642. The monoisotopic (exact) mass is 380 g/mol. The number of aromatic hydroxyl groups is 1. The normalized spacial score (nSPS) is 10.4. The zero-order chi connectivity index (χ0) is 20.3. The average molecular weight is 380 g/mol. The molecule has 8 nitrogen and oxygen atoms in total. The van der Waals surface area contributed by atoms with Gasteiger partial charge in [0.05, 0.1) is 7.11 Å². The molecule has 0 bridgehead atoms. The van der Waals surface area contributed by atoms with Gasteiger partial charge in [0.2, 0.25) is 0 Å². The van der Waals surface area contributed by atoms with Gasteiger partial charge in [0, 0.05) is 31.5 Å². The first kappa shape index (κ1) is 19.0. The number of nitrogens with zero attached hydrogens (tertiary/aromatic N) is 3. The van der Waals surface area contributed by atoms with Gasteiger partial charge >= 0.3 is 0 Å². The molecule has 8 heteroatoms. The van der Waals surface area contributed by atoms with E-state index in [1.807, 2.05) is 25.1 Å². The van der Waals surface area contributed by atoms with E-state index in [0.717, 1.165) is 16.4 Å². The highest BCUT2D eigenvalue weighted by Gasteiger charge is 2.18. The molecule has 0 aliphatic carbocycles. The summed E-state index contributed by atoms with van der Waals surface area (Å²) in [7, 11) is 5.24. The minimum Gasteiger partial charge on any atom is -0.505 e. The molecule has 1 heterocycles. The second-order valence-electron chi connectivity index (χ2n) is 6.20. The van der Waals surface area contributed by atoms with Crippen LogP contribution in [0.4, 0.5) is 11.4 Å². The van der Waals surface area contributed by atoms with Gasteiger partial charge < -0.3 is 20.1 Å². The van der Waals surface area contributed by atoms with Crippen LogP contribution in [-0.4, -0.2) is 42.0 Å². The van der Waals surface area contributed by atoms with Gasteiger partial charge in [-0.2, -0.15) is 9.78 Å². The summed E-state index contributed by atoms with van der Waals surface area (Å²) in [6.45, 7) is 0. The fraction of sp³-hybridized carbons (Fsp3) is 0.150. The van der Waals surface area contributed by atoms with Crippen LogP contribution >= 0.6 is 0 Å². The first-order valence-corrected chi connectivity index (χ1v) is 8.46. The SMILES string of the molecule is COc1ccccc1-n1nc(C(=O)Nc2cccc(N(C)C)c2)c(O)cc1=O. The summed E-state index contributed by atoms with van der Waals surface area (Å²) in [4.78, 5) is 26.9. The molecule has 0 fully saturated rings. The van der Waals surface area contributed by atoms with Crippen LogP contribution in [0.1, 0.15) is 10.5 Å². The Morgan fingerprint density at radius 2 is 1.89 bits per heavy atom. The predicted octanol–water partition coefficient (Wildman–Crippen LogP) is 2.27. The molecule has 0 saturated carbocycles. The molecule has 0 aliphatic heterocycles. The van der Waals surface area contributed by atoms with E-state index in [2.05, 4.69) is 10.4 Å². The van der Waals surface area contributed by atoms with Crippen LogP contribution in [0.2, 0.25) is 0 Å². The molecule has 1 amide bonds. The maximum absolute atomic E-state index is 12.7. The number of carbonyl (C=O) groups is 1. The third kappa shape index (κ3) is 3.80. The van der Waals surface area contributed by atoms with Crippen molar-refractivity contribution in [3.05, 3.63) is 70.6 Å². The molecule has 0 radical (unpaired) electrons. The topological polar surface area (TPSA) is 96.7 Å². The van der Waals surface area contributed by atoms with Gasteiger partial charge in [-0.15, -0.1) is 0 Å². The van der Waals surface area contributed by atoms with E-state index in [9.17, 15) is 14.7 Å². The van der Waals surface area contributed by atoms with Crippen molar-refractivity contribution in [2.24, 2.45) is 0 Å². The number of anilines is 2. The molecule has 0 saturated heterocycles. The molecule has 0 atom stereocenters. The molecule has 2 aromatic carbocycles. The van der Waals surface area contributed by atoms with Crippen LogP contribution in [0.25, 0.3) is 5.69 Å². The van der Waals surface area contributed by atoms with Crippen LogP contribution in [0.3, 0.4) is 0 Å². The Morgan fingerprint density at radius 1 is 1.14 bits per heavy atom. The molecule has 2 N–H and O–H groups in total. The maximum Gasteiger partial charge on any atom is 0.279 e. The van der Waals surface area contributed by atoms with E-state index in [-0.39, 0.29) is 5.69 Å². The highest BCUT2D eigenvalue weighted by molar-refractivity contribution is 6.04. The van der Waals surface area contributed by atoms with E-state index in [0.29, 0.717) is 17.1 Å². The van der Waals surface area contributed by atoms with E-state index in [4.69, 9.17) is 4.74 Å². The number of hydrogen-bond donors (Lipinski definition) is 2. The van der Waals surface area contributed by atoms with Crippen molar-refractivity contribution < 1.29 is 14.6 Å². The maximum atomic E-state index is 12.7. The van der Waals surface area contributed by atoms with Gasteiger partial charge in [-0.05, 0) is 30.3 Å².